The number of halogens is 1. The van der Waals surface area contributed by atoms with E-state index >= 15 is 0 Å². The minimum atomic E-state index is -1.13. The summed E-state index contributed by atoms with van der Waals surface area (Å²) in [5.74, 6) is -0.334. The summed E-state index contributed by atoms with van der Waals surface area (Å²) in [7, 11) is 1.98. The van der Waals surface area contributed by atoms with Gasteiger partial charge in [-0.1, -0.05) is 0 Å². The molecule has 1 aromatic carbocycles. The molecule has 0 aliphatic carbocycles. The number of imidazole rings is 1. The Morgan fingerprint density at radius 1 is 1.40 bits per heavy atom. The highest BCUT2D eigenvalue weighted by Crippen LogP contribution is 2.24. The summed E-state index contributed by atoms with van der Waals surface area (Å²) in [6.07, 6.45) is 3.14. The number of likely N-dealkylation sites (N-methyl/N-ethyl adjacent to an activating group) is 1. The average Bonchev–Trinajstić information content (AvgIpc) is 3.08. The fraction of sp³-hybridized carbons (Fsp3) is 0.500. The first-order valence-electron chi connectivity index (χ1n) is 9.73. The van der Waals surface area contributed by atoms with Gasteiger partial charge in [0, 0.05) is 31.4 Å². The van der Waals surface area contributed by atoms with Crippen molar-refractivity contribution in [2.45, 2.75) is 38.0 Å². The van der Waals surface area contributed by atoms with E-state index in [9.17, 15) is 15.2 Å². The summed E-state index contributed by atoms with van der Waals surface area (Å²) in [6, 6.07) is 10.1. The Balaban J connectivity index is 1.55. The second kappa shape index (κ2) is 9.00. The summed E-state index contributed by atoms with van der Waals surface area (Å²) in [5, 5.41) is 30.6. The number of nitro groups is 1. The molecule has 3 rings (SSSR count). The van der Waals surface area contributed by atoms with E-state index in [0.29, 0.717) is 18.2 Å². The highest BCUT2D eigenvalue weighted by molar-refractivity contribution is 6.28. The quantitative estimate of drug-likeness (QED) is 0.528. The van der Waals surface area contributed by atoms with E-state index in [1.807, 2.05) is 31.3 Å². The number of hydrogen-bond acceptors (Lipinski definition) is 7. The number of anilines is 1. The van der Waals surface area contributed by atoms with Gasteiger partial charge in [0.2, 0.25) is 0 Å². The summed E-state index contributed by atoms with van der Waals surface area (Å²) in [5.41, 5.74) is 0.634. The Morgan fingerprint density at radius 3 is 2.57 bits per heavy atom. The third-order valence-corrected chi connectivity index (χ3v) is 5.75. The molecule has 30 heavy (non-hydrogen) atoms. The molecule has 1 aromatic heterocycles. The molecular weight excluding hydrogens is 408 g/mol. The maximum absolute atomic E-state index is 10.9. The molecule has 0 unspecified atom stereocenters. The van der Waals surface area contributed by atoms with Crippen LogP contribution in [0.5, 0.6) is 0 Å². The number of nitriles is 1. The van der Waals surface area contributed by atoms with Crippen LogP contribution in [0.3, 0.4) is 0 Å². The first-order chi connectivity index (χ1) is 14.2. The van der Waals surface area contributed by atoms with Gasteiger partial charge in [0.05, 0.1) is 23.8 Å². The van der Waals surface area contributed by atoms with Crippen LogP contribution in [0.4, 0.5) is 11.5 Å². The average molecular weight is 433 g/mol. The zero-order valence-corrected chi connectivity index (χ0v) is 17.8. The Labute approximate surface area is 180 Å². The van der Waals surface area contributed by atoms with Crippen molar-refractivity contribution >= 4 is 23.1 Å². The first kappa shape index (κ1) is 22.0. The normalized spacial score (nSPS) is 17.0. The van der Waals surface area contributed by atoms with E-state index in [1.165, 1.54) is 10.8 Å². The molecule has 9 nitrogen and oxygen atoms in total. The standard InChI is InChI=1S/C20H25ClN6O3/c1-20(28,14-26-12-18(27(29)30)23-19(26)21)13-24(2)16-7-9-25(10-8-16)17-5-3-15(11-22)4-6-17/h3-6,12,16,28H,7-10,13-14H2,1-2H3/t20-/m0/s1. The zero-order valence-electron chi connectivity index (χ0n) is 17.0. The van der Waals surface area contributed by atoms with Gasteiger partial charge in [0.15, 0.2) is 0 Å². The minimum Gasteiger partial charge on any atom is -0.387 e. The lowest BCUT2D eigenvalue weighted by Crippen LogP contribution is -2.49. The molecule has 1 aliphatic heterocycles. The summed E-state index contributed by atoms with van der Waals surface area (Å²) in [6.45, 7) is 3.99. The van der Waals surface area contributed by atoms with Crippen LogP contribution >= 0.6 is 11.6 Å². The molecule has 1 atom stereocenters. The van der Waals surface area contributed by atoms with Crippen LogP contribution in [-0.4, -0.2) is 62.8 Å². The lowest BCUT2D eigenvalue weighted by atomic mass is 9.99. The molecule has 0 spiro atoms. The van der Waals surface area contributed by atoms with Crippen molar-refractivity contribution in [2.75, 3.05) is 31.6 Å². The third kappa shape index (κ3) is 5.27. The van der Waals surface area contributed by atoms with Gasteiger partial charge >= 0.3 is 11.1 Å². The predicted octanol–water partition coefficient (Wildman–Crippen LogP) is 2.67. The molecule has 2 aromatic rings. The van der Waals surface area contributed by atoms with Crippen LogP contribution in [0.1, 0.15) is 25.3 Å². The molecule has 0 amide bonds. The van der Waals surface area contributed by atoms with Gasteiger partial charge in [-0.15, -0.1) is 0 Å². The highest BCUT2D eigenvalue weighted by atomic mass is 35.5. The fourth-order valence-corrected chi connectivity index (χ4v) is 4.17. The molecule has 10 heteroatoms. The van der Waals surface area contributed by atoms with Crippen molar-refractivity contribution in [3.63, 3.8) is 0 Å². The molecule has 1 aliphatic rings. The predicted molar refractivity (Wildman–Crippen MR) is 114 cm³/mol. The molecule has 1 saturated heterocycles. The van der Waals surface area contributed by atoms with Crippen LogP contribution in [0.15, 0.2) is 30.5 Å². The number of nitrogens with zero attached hydrogens (tertiary/aromatic N) is 6. The van der Waals surface area contributed by atoms with Crippen molar-refractivity contribution in [2.24, 2.45) is 0 Å². The van der Waals surface area contributed by atoms with Crippen molar-refractivity contribution in [1.29, 1.82) is 5.26 Å². The lowest BCUT2D eigenvalue weighted by molar-refractivity contribution is -0.389. The zero-order chi connectivity index (χ0) is 21.9. The van der Waals surface area contributed by atoms with Crippen molar-refractivity contribution in [1.82, 2.24) is 14.5 Å². The fourth-order valence-electron chi connectivity index (χ4n) is 3.97. The van der Waals surface area contributed by atoms with Gasteiger partial charge in [0.25, 0.3) is 0 Å². The Kier molecular flexibility index (Phi) is 6.61. The van der Waals surface area contributed by atoms with Gasteiger partial charge < -0.3 is 25.0 Å². The number of aromatic nitrogens is 2. The Morgan fingerprint density at radius 2 is 2.03 bits per heavy atom. The number of piperidine rings is 1. The number of aliphatic hydroxyl groups is 1. The number of rotatable bonds is 7. The smallest absolute Gasteiger partial charge is 0.383 e. The largest absolute Gasteiger partial charge is 0.387 e. The van der Waals surface area contributed by atoms with E-state index in [2.05, 4.69) is 20.9 Å². The summed E-state index contributed by atoms with van der Waals surface area (Å²) in [4.78, 5) is 18.4. The van der Waals surface area contributed by atoms with Crippen molar-refractivity contribution in [3.05, 3.63) is 51.4 Å². The molecule has 2 heterocycles. The summed E-state index contributed by atoms with van der Waals surface area (Å²) >= 11 is 5.97. The van der Waals surface area contributed by atoms with Crippen LogP contribution in [-0.2, 0) is 6.54 Å². The molecule has 0 bridgehead atoms. The minimum absolute atomic E-state index is 0.0136. The molecule has 0 radical (unpaired) electrons. The van der Waals surface area contributed by atoms with Crippen LogP contribution in [0.25, 0.3) is 0 Å². The monoisotopic (exact) mass is 432 g/mol. The lowest BCUT2D eigenvalue weighted by Gasteiger charge is -2.40. The van der Waals surface area contributed by atoms with Crippen LogP contribution in [0, 0.1) is 21.4 Å². The van der Waals surface area contributed by atoms with Gasteiger partial charge in [-0.2, -0.15) is 5.26 Å². The molecule has 0 saturated carbocycles. The van der Waals surface area contributed by atoms with E-state index in [-0.39, 0.29) is 17.6 Å². The van der Waals surface area contributed by atoms with Gasteiger partial charge in [0.1, 0.15) is 6.20 Å². The van der Waals surface area contributed by atoms with E-state index in [4.69, 9.17) is 16.9 Å². The number of benzene rings is 1. The Hall–Kier alpha value is -2.67. The highest BCUT2D eigenvalue weighted by Gasteiger charge is 2.31. The van der Waals surface area contributed by atoms with Crippen LogP contribution in [0.2, 0.25) is 5.28 Å². The molecule has 1 N–H and O–H groups in total. The van der Waals surface area contributed by atoms with Crippen molar-refractivity contribution in [3.8, 4) is 6.07 Å². The number of hydrogen-bond donors (Lipinski definition) is 1. The molecule has 1 fully saturated rings. The maximum Gasteiger partial charge on any atom is 0.383 e. The third-order valence-electron chi connectivity index (χ3n) is 5.45. The first-order valence-corrected chi connectivity index (χ1v) is 10.1. The van der Waals surface area contributed by atoms with Gasteiger partial charge in [-0.25, -0.2) is 0 Å². The van der Waals surface area contributed by atoms with Gasteiger partial charge in [-0.3, -0.25) is 4.57 Å². The second-order valence-corrected chi connectivity index (χ2v) is 8.38. The van der Waals surface area contributed by atoms with E-state index < -0.39 is 10.5 Å². The maximum atomic E-state index is 10.9. The second-order valence-electron chi connectivity index (χ2n) is 8.04. The Bertz CT molecular complexity index is 929. The van der Waals surface area contributed by atoms with Crippen molar-refractivity contribution < 1.29 is 10.0 Å². The van der Waals surface area contributed by atoms with E-state index in [1.54, 1.807) is 6.92 Å². The van der Waals surface area contributed by atoms with E-state index in [0.717, 1.165) is 31.6 Å². The van der Waals surface area contributed by atoms with Crippen LogP contribution < -0.4 is 4.90 Å². The SMILES string of the molecule is CN(C[C@](C)(O)Cn1cc([N+](=O)[O-])nc1Cl)C1CCN(c2ccc(C#N)cc2)CC1. The topological polar surface area (TPSA) is 111 Å². The molecular formula is C20H25ClN6O3. The molecule has 160 valence electrons. The van der Waals surface area contributed by atoms with Gasteiger partial charge in [-0.05, 0) is 72.6 Å². The summed E-state index contributed by atoms with van der Waals surface area (Å²) < 4.78 is 1.40.